The summed E-state index contributed by atoms with van der Waals surface area (Å²) in [7, 11) is 0. The minimum absolute atomic E-state index is 0.717. The first-order chi connectivity index (χ1) is 9.52. The van der Waals surface area contributed by atoms with Gasteiger partial charge in [-0.2, -0.15) is 5.10 Å². The molecule has 1 aromatic carbocycles. The van der Waals surface area contributed by atoms with E-state index in [2.05, 4.69) is 53.6 Å². The van der Waals surface area contributed by atoms with Crippen LogP contribution >= 0.6 is 12.2 Å². The molecule has 0 aliphatic carbocycles. The van der Waals surface area contributed by atoms with Crippen LogP contribution in [0.4, 0.5) is 0 Å². The molecule has 0 amide bonds. The largest absolute Gasteiger partial charge is 0.327 e. The number of aromatic nitrogens is 4. The van der Waals surface area contributed by atoms with Gasteiger partial charge in [0.05, 0.1) is 11.4 Å². The van der Waals surface area contributed by atoms with Crippen molar-refractivity contribution in [3.63, 3.8) is 0 Å². The first-order valence-corrected chi connectivity index (χ1v) is 7.19. The number of rotatable bonds is 2. The molecule has 0 fully saturated rings. The molecule has 104 valence electrons. The Bertz CT molecular complexity index is 851. The van der Waals surface area contributed by atoms with Gasteiger partial charge in [0.25, 0.3) is 0 Å². The summed E-state index contributed by atoms with van der Waals surface area (Å²) in [5.74, 6) is 0. The summed E-state index contributed by atoms with van der Waals surface area (Å²) in [4.78, 5) is 3.28. The van der Waals surface area contributed by atoms with Crippen molar-refractivity contribution in [1.82, 2.24) is 19.3 Å². The van der Waals surface area contributed by atoms with Crippen molar-refractivity contribution in [2.75, 3.05) is 0 Å². The fourth-order valence-electron chi connectivity index (χ4n) is 2.70. The highest BCUT2D eigenvalue weighted by Gasteiger charge is 2.16. The van der Waals surface area contributed by atoms with Gasteiger partial charge in [0.15, 0.2) is 10.4 Å². The van der Waals surface area contributed by atoms with E-state index in [1.807, 2.05) is 11.6 Å². The Balaban J connectivity index is 2.41. The van der Waals surface area contributed by atoms with Crippen LogP contribution in [0.2, 0.25) is 0 Å². The highest BCUT2D eigenvalue weighted by atomic mass is 32.1. The number of H-pyrrole nitrogens is 1. The van der Waals surface area contributed by atoms with Gasteiger partial charge >= 0.3 is 0 Å². The number of nitrogens with one attached hydrogen (secondary N) is 1. The van der Waals surface area contributed by atoms with Crippen LogP contribution in [-0.2, 0) is 6.54 Å². The van der Waals surface area contributed by atoms with Gasteiger partial charge in [-0.05, 0) is 51.5 Å². The number of hydrogen-bond acceptors (Lipinski definition) is 2. The van der Waals surface area contributed by atoms with Gasteiger partial charge in [-0.25, -0.2) is 4.68 Å². The van der Waals surface area contributed by atoms with Crippen LogP contribution in [-0.4, -0.2) is 19.3 Å². The van der Waals surface area contributed by atoms with E-state index < -0.39 is 0 Å². The zero-order valence-corrected chi connectivity index (χ0v) is 13.0. The van der Waals surface area contributed by atoms with Gasteiger partial charge in [0.2, 0.25) is 0 Å². The minimum Gasteiger partial charge on any atom is -0.327 e. The van der Waals surface area contributed by atoms with Crippen LogP contribution in [0, 0.1) is 25.5 Å². The number of aryl methyl sites for hydroxylation is 4. The van der Waals surface area contributed by atoms with E-state index in [-0.39, 0.29) is 0 Å². The van der Waals surface area contributed by atoms with Crippen LogP contribution in [0.25, 0.3) is 16.9 Å². The number of hydrogen-bond donors (Lipinski definition) is 1. The molecular weight excluding hydrogens is 268 g/mol. The number of benzene rings is 1. The molecule has 0 saturated carbocycles. The van der Waals surface area contributed by atoms with Crippen molar-refractivity contribution >= 4 is 23.4 Å². The Hall–Kier alpha value is -1.88. The smallest absolute Gasteiger partial charge is 0.184 e. The molecule has 0 aliphatic rings. The molecule has 0 unspecified atom stereocenters. The maximum absolute atomic E-state index is 5.51. The Morgan fingerprint density at radius 1 is 1.25 bits per heavy atom. The number of imidazole rings is 1. The normalized spacial score (nSPS) is 11.4. The highest BCUT2D eigenvalue weighted by molar-refractivity contribution is 7.71. The molecule has 0 saturated heterocycles. The van der Waals surface area contributed by atoms with Crippen molar-refractivity contribution in [1.29, 1.82) is 0 Å². The standard InChI is InChI=1S/C15H18N4S/c1-5-18-14-13(11(4)17-18)16-15(20)19(14)12-7-6-9(2)8-10(12)3/h6-8H,5H2,1-4H3,(H,16,20). The lowest BCUT2D eigenvalue weighted by Gasteiger charge is -2.10. The molecule has 1 N–H and O–H groups in total. The third kappa shape index (κ3) is 1.81. The predicted octanol–water partition coefficient (Wildman–Crippen LogP) is 3.83. The third-order valence-corrected chi connectivity index (χ3v) is 3.92. The van der Waals surface area contributed by atoms with E-state index >= 15 is 0 Å². The second-order valence-electron chi connectivity index (χ2n) is 5.16. The van der Waals surface area contributed by atoms with E-state index in [0.717, 1.165) is 33.9 Å². The zero-order valence-electron chi connectivity index (χ0n) is 12.2. The van der Waals surface area contributed by atoms with Crippen LogP contribution in [0.3, 0.4) is 0 Å². The average Bonchev–Trinajstić information content (AvgIpc) is 2.88. The van der Waals surface area contributed by atoms with Crippen molar-refractivity contribution in [2.24, 2.45) is 0 Å². The van der Waals surface area contributed by atoms with Crippen molar-refractivity contribution in [3.05, 3.63) is 39.8 Å². The second-order valence-corrected chi connectivity index (χ2v) is 5.54. The maximum Gasteiger partial charge on any atom is 0.184 e. The molecule has 4 nitrogen and oxygen atoms in total. The molecule has 5 heteroatoms. The molecule has 0 radical (unpaired) electrons. The lowest BCUT2D eigenvalue weighted by atomic mass is 10.1. The van der Waals surface area contributed by atoms with E-state index in [0.29, 0.717) is 0 Å². The topological polar surface area (TPSA) is 38.5 Å². The summed E-state index contributed by atoms with van der Waals surface area (Å²) in [5, 5.41) is 4.56. The number of fused-ring (bicyclic) bond motifs is 1. The Kier molecular flexibility index (Phi) is 3.01. The van der Waals surface area contributed by atoms with Crippen molar-refractivity contribution in [2.45, 2.75) is 34.2 Å². The Morgan fingerprint density at radius 2 is 2.00 bits per heavy atom. The predicted molar refractivity (Wildman–Crippen MR) is 84.1 cm³/mol. The maximum atomic E-state index is 5.51. The lowest BCUT2D eigenvalue weighted by Crippen LogP contribution is -2.05. The molecule has 0 aliphatic heterocycles. The van der Waals surface area contributed by atoms with Gasteiger partial charge in [-0.3, -0.25) is 4.57 Å². The second kappa shape index (κ2) is 4.59. The van der Waals surface area contributed by atoms with Crippen LogP contribution in [0.1, 0.15) is 23.7 Å². The molecule has 0 bridgehead atoms. The molecule has 2 aromatic heterocycles. The Morgan fingerprint density at radius 3 is 2.65 bits per heavy atom. The Labute approximate surface area is 123 Å². The minimum atomic E-state index is 0.717. The van der Waals surface area contributed by atoms with Crippen LogP contribution in [0.15, 0.2) is 18.2 Å². The van der Waals surface area contributed by atoms with Crippen LogP contribution in [0.5, 0.6) is 0 Å². The SMILES string of the molecule is CCn1nc(C)c2[nH]c(=S)n(-c3ccc(C)cc3C)c21. The molecule has 3 rings (SSSR count). The molecular formula is C15H18N4S. The summed E-state index contributed by atoms with van der Waals surface area (Å²) in [5.41, 5.74) is 6.63. The molecule has 20 heavy (non-hydrogen) atoms. The molecule has 3 aromatic rings. The first kappa shape index (κ1) is 13.1. The molecule has 0 atom stereocenters. The summed E-state index contributed by atoms with van der Waals surface area (Å²) in [6.45, 7) is 9.13. The quantitative estimate of drug-likeness (QED) is 0.727. The summed E-state index contributed by atoms with van der Waals surface area (Å²) in [6.07, 6.45) is 0. The average molecular weight is 286 g/mol. The summed E-state index contributed by atoms with van der Waals surface area (Å²) < 4.78 is 4.80. The van der Waals surface area contributed by atoms with Gasteiger partial charge < -0.3 is 4.98 Å². The van der Waals surface area contributed by atoms with Gasteiger partial charge in [0.1, 0.15) is 5.52 Å². The molecule has 0 spiro atoms. The van der Waals surface area contributed by atoms with Gasteiger partial charge in [-0.1, -0.05) is 17.7 Å². The summed E-state index contributed by atoms with van der Waals surface area (Å²) in [6, 6.07) is 6.41. The highest BCUT2D eigenvalue weighted by Crippen LogP contribution is 2.24. The van der Waals surface area contributed by atoms with Crippen LogP contribution < -0.4 is 0 Å². The summed E-state index contributed by atoms with van der Waals surface area (Å²) >= 11 is 5.51. The van der Waals surface area contributed by atoms with Gasteiger partial charge in [-0.15, -0.1) is 0 Å². The van der Waals surface area contributed by atoms with Gasteiger partial charge in [0, 0.05) is 6.54 Å². The van der Waals surface area contributed by atoms with E-state index in [1.54, 1.807) is 0 Å². The van der Waals surface area contributed by atoms with E-state index in [1.165, 1.54) is 11.1 Å². The fourth-order valence-corrected chi connectivity index (χ4v) is 2.99. The molecule has 2 heterocycles. The third-order valence-electron chi connectivity index (χ3n) is 3.64. The first-order valence-electron chi connectivity index (χ1n) is 6.78. The number of nitrogens with zero attached hydrogens (tertiary/aromatic N) is 3. The number of aromatic amines is 1. The van der Waals surface area contributed by atoms with E-state index in [9.17, 15) is 0 Å². The van der Waals surface area contributed by atoms with E-state index in [4.69, 9.17) is 12.2 Å². The lowest BCUT2D eigenvalue weighted by molar-refractivity contribution is 0.661. The van der Waals surface area contributed by atoms with Crippen molar-refractivity contribution in [3.8, 4) is 5.69 Å². The fraction of sp³-hybridized carbons (Fsp3) is 0.333. The zero-order chi connectivity index (χ0) is 14.4. The van der Waals surface area contributed by atoms with Crippen molar-refractivity contribution < 1.29 is 0 Å². The monoisotopic (exact) mass is 286 g/mol.